The zero-order valence-electron chi connectivity index (χ0n) is 15.9. The van der Waals surface area contributed by atoms with Crippen molar-refractivity contribution in [3.63, 3.8) is 0 Å². The van der Waals surface area contributed by atoms with Gasteiger partial charge in [-0.2, -0.15) is 5.26 Å². The van der Waals surface area contributed by atoms with E-state index in [4.69, 9.17) is 14.6 Å². The second-order valence-electron chi connectivity index (χ2n) is 5.87. The Morgan fingerprint density at radius 1 is 1.24 bits per heavy atom. The van der Waals surface area contributed by atoms with Gasteiger partial charge in [0.05, 0.1) is 6.61 Å². The van der Waals surface area contributed by atoms with Crippen molar-refractivity contribution < 1.29 is 24.2 Å². The van der Waals surface area contributed by atoms with Crippen LogP contribution in [-0.4, -0.2) is 30.2 Å². The molecule has 0 aromatic heterocycles. The Bertz CT molecular complexity index is 995. The van der Waals surface area contributed by atoms with Gasteiger partial charge in [0.15, 0.2) is 18.1 Å². The molecular weight excluding hydrogens is 440 g/mol. The van der Waals surface area contributed by atoms with Gasteiger partial charge in [-0.1, -0.05) is 34.1 Å². The molecule has 29 heavy (non-hydrogen) atoms. The summed E-state index contributed by atoms with van der Waals surface area (Å²) >= 11 is 3.36. The molecule has 0 fully saturated rings. The minimum atomic E-state index is -1.12. The number of para-hydroxylation sites is 1. The number of anilines is 1. The topological polar surface area (TPSA) is 109 Å². The van der Waals surface area contributed by atoms with E-state index in [1.54, 1.807) is 25.1 Å². The lowest BCUT2D eigenvalue weighted by Crippen LogP contribution is -2.14. The molecule has 0 aliphatic carbocycles. The van der Waals surface area contributed by atoms with Crippen LogP contribution in [0.2, 0.25) is 0 Å². The largest absolute Gasteiger partial charge is 0.490 e. The molecule has 150 valence electrons. The number of carboxylic acid groups (broad SMARTS) is 1. The maximum absolute atomic E-state index is 12.5. The fraction of sp³-hybridized carbons (Fsp3) is 0.190. The average Bonchev–Trinajstić information content (AvgIpc) is 2.68. The second kappa shape index (κ2) is 10.3. The van der Waals surface area contributed by atoms with E-state index in [-0.39, 0.29) is 11.3 Å². The van der Waals surface area contributed by atoms with Crippen LogP contribution in [0.1, 0.15) is 18.1 Å². The Balaban J connectivity index is 2.35. The number of hydrogen-bond acceptors (Lipinski definition) is 5. The summed E-state index contributed by atoms with van der Waals surface area (Å²) in [5, 5.41) is 21.0. The summed E-state index contributed by atoms with van der Waals surface area (Å²) < 4.78 is 11.3. The van der Waals surface area contributed by atoms with E-state index in [1.807, 2.05) is 25.1 Å². The van der Waals surface area contributed by atoms with E-state index in [1.165, 1.54) is 12.1 Å². The van der Waals surface area contributed by atoms with Gasteiger partial charge < -0.3 is 19.9 Å². The minimum Gasteiger partial charge on any atom is -0.490 e. The van der Waals surface area contributed by atoms with E-state index in [0.717, 1.165) is 5.56 Å². The number of hydrogen-bond donors (Lipinski definition) is 2. The van der Waals surface area contributed by atoms with Crippen LogP contribution in [0.25, 0.3) is 6.08 Å². The molecule has 0 saturated carbocycles. The highest BCUT2D eigenvalue weighted by Crippen LogP contribution is 2.35. The number of ether oxygens (including phenoxy) is 2. The normalized spacial score (nSPS) is 10.8. The third kappa shape index (κ3) is 6.09. The molecular formula is C21H19BrN2O5. The quantitative estimate of drug-likeness (QED) is 0.453. The number of aryl methyl sites for hydroxylation is 1. The molecule has 0 aliphatic heterocycles. The molecule has 0 atom stereocenters. The lowest BCUT2D eigenvalue weighted by molar-refractivity contribution is -0.139. The van der Waals surface area contributed by atoms with Crippen LogP contribution in [0.15, 0.2) is 46.4 Å². The summed E-state index contributed by atoms with van der Waals surface area (Å²) in [6, 6.07) is 12.3. The van der Waals surface area contributed by atoms with Gasteiger partial charge >= 0.3 is 5.97 Å². The molecule has 2 aromatic rings. The lowest BCUT2D eigenvalue weighted by Gasteiger charge is -2.13. The first-order chi connectivity index (χ1) is 13.8. The zero-order valence-corrected chi connectivity index (χ0v) is 17.4. The number of nitrogens with one attached hydrogen (secondary N) is 1. The number of nitrogens with zero attached hydrogens (tertiary/aromatic N) is 1. The van der Waals surface area contributed by atoms with Crippen LogP contribution in [0.4, 0.5) is 5.69 Å². The number of halogens is 1. The molecule has 0 saturated heterocycles. The molecule has 1 amide bonds. The molecule has 0 spiro atoms. The van der Waals surface area contributed by atoms with Gasteiger partial charge in [-0.15, -0.1) is 0 Å². The van der Waals surface area contributed by atoms with Gasteiger partial charge in [-0.25, -0.2) is 4.79 Å². The first kappa shape index (κ1) is 22.0. The van der Waals surface area contributed by atoms with Crippen LogP contribution in [-0.2, 0) is 9.59 Å². The maximum atomic E-state index is 12.5. The van der Waals surface area contributed by atoms with E-state index < -0.39 is 18.5 Å². The predicted molar refractivity (Wildman–Crippen MR) is 112 cm³/mol. The monoisotopic (exact) mass is 458 g/mol. The van der Waals surface area contributed by atoms with Crippen LogP contribution in [0, 0.1) is 18.3 Å². The molecule has 2 aromatic carbocycles. The molecule has 0 aliphatic rings. The summed E-state index contributed by atoms with van der Waals surface area (Å²) in [5.41, 5.74) is 1.89. The summed E-state index contributed by atoms with van der Waals surface area (Å²) in [5.74, 6) is -1.12. The summed E-state index contributed by atoms with van der Waals surface area (Å²) in [7, 11) is 0. The molecule has 2 N–H and O–H groups in total. The van der Waals surface area contributed by atoms with Gasteiger partial charge in [0, 0.05) is 10.2 Å². The average molecular weight is 459 g/mol. The van der Waals surface area contributed by atoms with Crippen molar-refractivity contribution in [1.29, 1.82) is 5.26 Å². The summed E-state index contributed by atoms with van der Waals surface area (Å²) in [6.45, 7) is 3.43. The van der Waals surface area contributed by atoms with E-state index in [9.17, 15) is 14.9 Å². The highest BCUT2D eigenvalue weighted by atomic mass is 79.9. The van der Waals surface area contributed by atoms with Crippen molar-refractivity contribution in [2.75, 3.05) is 18.5 Å². The number of benzene rings is 2. The number of carbonyl (C=O) groups is 2. The molecule has 7 nitrogen and oxygen atoms in total. The Kier molecular flexibility index (Phi) is 7.80. The Hall–Kier alpha value is -3.31. The van der Waals surface area contributed by atoms with Crippen molar-refractivity contribution in [3.05, 3.63) is 57.6 Å². The molecule has 0 bridgehead atoms. The van der Waals surface area contributed by atoms with Crippen molar-refractivity contribution in [1.82, 2.24) is 0 Å². The van der Waals surface area contributed by atoms with E-state index in [2.05, 4.69) is 21.2 Å². The third-order valence-corrected chi connectivity index (χ3v) is 4.46. The van der Waals surface area contributed by atoms with Crippen molar-refractivity contribution in [2.45, 2.75) is 13.8 Å². The fourth-order valence-electron chi connectivity index (χ4n) is 2.39. The summed E-state index contributed by atoms with van der Waals surface area (Å²) in [4.78, 5) is 23.3. The highest BCUT2D eigenvalue weighted by molar-refractivity contribution is 9.10. The summed E-state index contributed by atoms with van der Waals surface area (Å²) in [6.07, 6.45) is 1.42. The SMILES string of the molecule is CCOc1cc(/C=C(\C#N)C(=O)Nc2ccccc2C)c(Br)cc1OCC(=O)O. The minimum absolute atomic E-state index is 0.101. The van der Waals surface area contributed by atoms with E-state index >= 15 is 0 Å². The van der Waals surface area contributed by atoms with Crippen molar-refractivity contribution in [3.8, 4) is 17.6 Å². The van der Waals surface area contributed by atoms with Gasteiger partial charge in [0.2, 0.25) is 0 Å². The lowest BCUT2D eigenvalue weighted by atomic mass is 10.1. The number of nitriles is 1. The van der Waals surface area contributed by atoms with Crippen LogP contribution < -0.4 is 14.8 Å². The molecule has 0 radical (unpaired) electrons. The predicted octanol–water partition coefficient (Wildman–Crippen LogP) is 4.17. The molecule has 2 rings (SSSR count). The van der Waals surface area contributed by atoms with Crippen molar-refractivity contribution >= 4 is 39.6 Å². The first-order valence-corrected chi connectivity index (χ1v) is 9.44. The van der Waals surface area contributed by atoms with Gasteiger partial charge in [-0.3, -0.25) is 4.79 Å². The van der Waals surface area contributed by atoms with Gasteiger partial charge in [0.25, 0.3) is 5.91 Å². The number of aliphatic carboxylic acids is 1. The Morgan fingerprint density at radius 3 is 2.55 bits per heavy atom. The van der Waals surface area contributed by atoms with Crippen LogP contribution in [0.3, 0.4) is 0 Å². The van der Waals surface area contributed by atoms with Gasteiger partial charge in [-0.05, 0) is 49.2 Å². The zero-order chi connectivity index (χ0) is 21.4. The Labute approximate surface area is 176 Å². The number of carbonyl (C=O) groups excluding carboxylic acids is 1. The molecule has 0 heterocycles. The third-order valence-electron chi connectivity index (χ3n) is 3.77. The highest BCUT2D eigenvalue weighted by Gasteiger charge is 2.15. The van der Waals surface area contributed by atoms with Crippen molar-refractivity contribution in [2.24, 2.45) is 0 Å². The number of rotatable bonds is 8. The van der Waals surface area contributed by atoms with Gasteiger partial charge in [0.1, 0.15) is 11.6 Å². The maximum Gasteiger partial charge on any atom is 0.341 e. The second-order valence-corrected chi connectivity index (χ2v) is 6.73. The Morgan fingerprint density at radius 2 is 1.93 bits per heavy atom. The van der Waals surface area contributed by atoms with E-state index in [0.29, 0.717) is 28.1 Å². The molecule has 0 unspecified atom stereocenters. The molecule has 8 heteroatoms. The smallest absolute Gasteiger partial charge is 0.341 e. The van der Waals surface area contributed by atoms with Crippen LogP contribution >= 0.6 is 15.9 Å². The number of amides is 1. The standard InChI is InChI=1S/C21H19BrN2O5/c1-3-28-18-9-14(16(22)10-19(18)29-12-20(25)26)8-15(11-23)21(27)24-17-7-5-4-6-13(17)2/h4-10H,3,12H2,1-2H3,(H,24,27)(H,25,26)/b15-8+. The fourth-order valence-corrected chi connectivity index (χ4v) is 2.83. The van der Waals surface area contributed by atoms with Crippen LogP contribution in [0.5, 0.6) is 11.5 Å². The first-order valence-electron chi connectivity index (χ1n) is 8.65. The number of carboxylic acids is 1.